The van der Waals surface area contributed by atoms with Crippen LogP contribution in [0, 0.1) is 0 Å². The van der Waals surface area contributed by atoms with E-state index < -0.39 is 21.6 Å². The number of hydrogen-bond donors (Lipinski definition) is 0. The zero-order chi connectivity index (χ0) is 48.0. The van der Waals surface area contributed by atoms with Crippen LogP contribution in [0.4, 0.5) is 17.1 Å². The van der Waals surface area contributed by atoms with Gasteiger partial charge >= 0.3 is 0 Å². The highest BCUT2D eigenvalue weighted by molar-refractivity contribution is 7.22. The SMILES string of the molecule is C[Si]1(C)c2ccccc2-c2ccc(N(c3ccc(-c4cccc([Si]5(c6ccccc6)c6ccccc6-c6ccccc65)c4)cc3)c3ccc4c(c3)C(c3ccccc3)(c3ccccc3)c3ccccc3-4)cc21. The van der Waals surface area contributed by atoms with Gasteiger partial charge in [-0.1, -0.05) is 250 Å². The summed E-state index contributed by atoms with van der Waals surface area (Å²) in [6.07, 6.45) is 0. The first-order valence-electron chi connectivity index (χ1n) is 25.3. The highest BCUT2D eigenvalue weighted by atomic mass is 28.3. The topological polar surface area (TPSA) is 3.24 Å². The third kappa shape index (κ3) is 6.05. The summed E-state index contributed by atoms with van der Waals surface area (Å²) < 4.78 is 0. The molecule has 0 N–H and O–H groups in total. The van der Waals surface area contributed by atoms with Crippen molar-refractivity contribution in [3.63, 3.8) is 0 Å². The molecule has 11 aromatic rings. The van der Waals surface area contributed by atoms with Crippen LogP contribution in [-0.2, 0) is 5.41 Å². The zero-order valence-electron chi connectivity index (χ0n) is 40.4. The molecule has 1 nitrogen and oxygen atoms in total. The van der Waals surface area contributed by atoms with Gasteiger partial charge in [-0.2, -0.15) is 0 Å². The molecule has 0 saturated carbocycles. The van der Waals surface area contributed by atoms with Crippen molar-refractivity contribution >= 4 is 64.3 Å². The molecular formula is C69H51NSi2. The highest BCUT2D eigenvalue weighted by Crippen LogP contribution is 2.57. The lowest BCUT2D eigenvalue weighted by Gasteiger charge is -2.35. The molecule has 0 radical (unpaired) electrons. The maximum Gasteiger partial charge on any atom is 0.180 e. The predicted molar refractivity (Wildman–Crippen MR) is 309 cm³/mol. The van der Waals surface area contributed by atoms with Gasteiger partial charge in [0.1, 0.15) is 8.07 Å². The summed E-state index contributed by atoms with van der Waals surface area (Å²) >= 11 is 0. The van der Waals surface area contributed by atoms with Crippen molar-refractivity contribution in [3.05, 3.63) is 295 Å². The van der Waals surface area contributed by atoms with Crippen molar-refractivity contribution in [2.75, 3.05) is 4.90 Å². The van der Waals surface area contributed by atoms with Crippen LogP contribution in [0.5, 0.6) is 0 Å². The number of fused-ring (bicyclic) bond motifs is 9. The summed E-state index contributed by atoms with van der Waals surface area (Å²) in [5.74, 6) is 0. The minimum atomic E-state index is -2.65. The molecule has 11 aromatic carbocycles. The first-order valence-corrected chi connectivity index (χ1v) is 30.3. The van der Waals surface area contributed by atoms with Gasteiger partial charge in [0.2, 0.25) is 0 Å². The monoisotopic (exact) mass is 949 g/mol. The number of benzene rings is 11. The van der Waals surface area contributed by atoms with E-state index in [4.69, 9.17) is 0 Å². The van der Waals surface area contributed by atoms with Gasteiger partial charge in [0, 0.05) is 17.1 Å². The van der Waals surface area contributed by atoms with Gasteiger partial charge in [-0.3, -0.25) is 0 Å². The second-order valence-corrected chi connectivity index (χ2v) is 28.4. The summed E-state index contributed by atoms with van der Waals surface area (Å²) in [6.45, 7) is 5.03. The molecule has 0 spiro atoms. The first-order chi connectivity index (χ1) is 35.5. The second-order valence-electron chi connectivity index (χ2n) is 20.3. The molecule has 14 rings (SSSR count). The highest BCUT2D eigenvalue weighted by Gasteiger charge is 2.49. The Labute approximate surface area is 425 Å². The van der Waals surface area contributed by atoms with Gasteiger partial charge in [0.25, 0.3) is 0 Å². The maximum absolute atomic E-state index is 2.65. The minimum Gasteiger partial charge on any atom is -0.310 e. The Hall–Kier alpha value is -8.35. The fourth-order valence-electron chi connectivity index (χ4n) is 13.3. The lowest BCUT2D eigenvalue weighted by molar-refractivity contribution is 0.768. The van der Waals surface area contributed by atoms with Crippen LogP contribution in [0.1, 0.15) is 22.3 Å². The summed E-state index contributed by atoms with van der Waals surface area (Å²) in [6, 6.07) is 103. The number of hydrogen-bond acceptors (Lipinski definition) is 1. The number of anilines is 3. The molecule has 0 atom stereocenters. The predicted octanol–water partition coefficient (Wildman–Crippen LogP) is 13.3. The van der Waals surface area contributed by atoms with E-state index in [-0.39, 0.29) is 0 Å². The molecule has 1 aliphatic carbocycles. The molecule has 72 heavy (non-hydrogen) atoms. The van der Waals surface area contributed by atoms with E-state index >= 15 is 0 Å². The van der Waals surface area contributed by atoms with Gasteiger partial charge in [-0.05, 0) is 134 Å². The average Bonchev–Trinajstić information content (AvgIpc) is 4.01. The standard InChI is InChI=1S/C69H51NSi2/c1-71(2)65-34-17-13-30-59(65)62-44-42-54(47-68(62)71)70(53-41-43-58-57-29-12-16-33-63(57)69(64(58)46-53,50-22-6-3-7-23-50)51-24-8-4-9-25-51)52-39-37-48(38-40-52)49-21-20-28-56(45-49)72(55-26-10-5-11-27-55)66-35-18-14-31-60(66)61-32-15-19-36-67(61)72/h3-47H,1-2H3. The summed E-state index contributed by atoms with van der Waals surface area (Å²) in [5.41, 5.74) is 18.5. The van der Waals surface area contributed by atoms with Crippen molar-refractivity contribution < 1.29 is 0 Å². The van der Waals surface area contributed by atoms with E-state index in [0.29, 0.717) is 0 Å². The summed E-state index contributed by atoms with van der Waals surface area (Å²) in [5, 5.41) is 8.75. The summed E-state index contributed by atoms with van der Waals surface area (Å²) in [7, 11) is -4.65. The Kier molecular flexibility index (Phi) is 9.66. The molecule has 0 saturated heterocycles. The maximum atomic E-state index is 2.52. The van der Waals surface area contributed by atoms with Crippen molar-refractivity contribution in [1.82, 2.24) is 0 Å². The minimum absolute atomic E-state index is 0.514. The van der Waals surface area contributed by atoms with Crippen molar-refractivity contribution in [2.45, 2.75) is 18.5 Å². The Balaban J connectivity index is 0.946. The molecular weight excluding hydrogens is 899 g/mol. The van der Waals surface area contributed by atoms with Crippen LogP contribution in [0.15, 0.2) is 273 Å². The Morgan fingerprint density at radius 2 is 0.750 bits per heavy atom. The van der Waals surface area contributed by atoms with Crippen LogP contribution < -0.4 is 36.0 Å². The van der Waals surface area contributed by atoms with Crippen molar-refractivity contribution in [1.29, 1.82) is 0 Å². The Bertz CT molecular complexity index is 3810. The normalized spacial score (nSPS) is 14.6. The number of rotatable bonds is 8. The molecule has 0 aromatic heterocycles. The lowest BCUT2D eigenvalue weighted by Crippen LogP contribution is -2.72. The van der Waals surface area contributed by atoms with Gasteiger partial charge in [-0.25, -0.2) is 0 Å². The second kappa shape index (κ2) is 16.4. The van der Waals surface area contributed by atoms with Crippen molar-refractivity contribution in [3.8, 4) is 44.5 Å². The van der Waals surface area contributed by atoms with Crippen molar-refractivity contribution in [2.24, 2.45) is 0 Å². The third-order valence-electron chi connectivity index (χ3n) is 16.4. The van der Waals surface area contributed by atoms with Crippen LogP contribution in [0.3, 0.4) is 0 Å². The van der Waals surface area contributed by atoms with E-state index in [1.54, 1.807) is 0 Å². The molecule has 340 valence electrons. The van der Waals surface area contributed by atoms with E-state index in [0.717, 1.165) is 11.4 Å². The Morgan fingerprint density at radius 1 is 0.292 bits per heavy atom. The molecule has 2 heterocycles. The molecule has 0 unspecified atom stereocenters. The van der Waals surface area contributed by atoms with Gasteiger partial charge in [0.05, 0.1) is 5.41 Å². The molecule has 0 fully saturated rings. The van der Waals surface area contributed by atoms with Crippen LogP contribution in [-0.4, -0.2) is 16.1 Å². The van der Waals surface area contributed by atoms with Gasteiger partial charge < -0.3 is 4.90 Å². The molecule has 3 aliphatic rings. The fraction of sp³-hybridized carbons (Fsp3) is 0.0435. The van der Waals surface area contributed by atoms with E-state index in [1.807, 2.05) is 0 Å². The zero-order valence-corrected chi connectivity index (χ0v) is 42.4. The summed E-state index contributed by atoms with van der Waals surface area (Å²) in [4.78, 5) is 2.52. The van der Waals surface area contributed by atoms with Crippen LogP contribution >= 0.6 is 0 Å². The van der Waals surface area contributed by atoms with E-state index in [9.17, 15) is 0 Å². The van der Waals surface area contributed by atoms with Crippen LogP contribution in [0.25, 0.3) is 44.5 Å². The third-order valence-corrected chi connectivity index (χ3v) is 24.8. The molecule has 3 heteroatoms. The number of nitrogens with zero attached hydrogens (tertiary/aromatic N) is 1. The first kappa shape index (κ1) is 42.5. The largest absolute Gasteiger partial charge is 0.310 e. The smallest absolute Gasteiger partial charge is 0.180 e. The van der Waals surface area contributed by atoms with E-state index in [2.05, 4.69) is 291 Å². The molecule has 0 amide bonds. The molecule has 2 aliphatic heterocycles. The lowest BCUT2D eigenvalue weighted by atomic mass is 9.67. The average molecular weight is 950 g/mol. The Morgan fingerprint density at radius 3 is 1.39 bits per heavy atom. The quantitative estimate of drug-likeness (QED) is 0.137. The van der Waals surface area contributed by atoms with Gasteiger partial charge in [-0.15, -0.1) is 0 Å². The van der Waals surface area contributed by atoms with E-state index in [1.165, 1.54) is 104 Å². The van der Waals surface area contributed by atoms with Crippen LogP contribution in [0.2, 0.25) is 13.1 Å². The molecule has 0 bridgehead atoms. The fourth-order valence-corrected chi connectivity index (χ4v) is 21.6. The van der Waals surface area contributed by atoms with Gasteiger partial charge in [0.15, 0.2) is 8.07 Å².